The molecule has 1 aromatic rings. The number of nitrogens with zero attached hydrogens (tertiary/aromatic N) is 2. The first kappa shape index (κ1) is 18.4. The number of hydrogen-bond donors (Lipinski definition) is 1. The number of amides is 1. The fraction of sp³-hybridized carbons (Fsp3) is 0.650. The van der Waals surface area contributed by atoms with E-state index in [0.29, 0.717) is 0 Å². The standard InChI is InChI=1S/C20H31N3O2/c24-20(21-8-5-11-22-9-2-1-3-10-22)19-7-4-6-18(16-19)17-23-12-14-25-15-13-23/h4,6-7,16H,1-3,5,8-15,17H2,(H,21,24). The van der Waals surface area contributed by atoms with Crippen molar-refractivity contribution in [1.82, 2.24) is 15.1 Å². The highest BCUT2D eigenvalue weighted by Gasteiger charge is 2.13. The maximum Gasteiger partial charge on any atom is 0.251 e. The van der Waals surface area contributed by atoms with Gasteiger partial charge in [0.05, 0.1) is 13.2 Å². The molecule has 0 bridgehead atoms. The molecular weight excluding hydrogens is 314 g/mol. The average molecular weight is 345 g/mol. The van der Waals surface area contributed by atoms with Crippen LogP contribution in [0.15, 0.2) is 24.3 Å². The van der Waals surface area contributed by atoms with Crippen molar-refractivity contribution in [3.63, 3.8) is 0 Å². The van der Waals surface area contributed by atoms with Gasteiger partial charge in [-0.2, -0.15) is 0 Å². The van der Waals surface area contributed by atoms with E-state index in [2.05, 4.69) is 21.2 Å². The molecule has 2 fully saturated rings. The van der Waals surface area contributed by atoms with Gasteiger partial charge in [0, 0.05) is 31.7 Å². The molecule has 0 unspecified atom stereocenters. The minimum atomic E-state index is 0.0440. The summed E-state index contributed by atoms with van der Waals surface area (Å²) in [4.78, 5) is 17.3. The van der Waals surface area contributed by atoms with Crippen LogP contribution in [-0.2, 0) is 11.3 Å². The van der Waals surface area contributed by atoms with Crippen molar-refractivity contribution < 1.29 is 9.53 Å². The molecule has 25 heavy (non-hydrogen) atoms. The Morgan fingerprint density at radius 1 is 1.04 bits per heavy atom. The smallest absolute Gasteiger partial charge is 0.251 e. The van der Waals surface area contributed by atoms with Crippen LogP contribution in [0.4, 0.5) is 0 Å². The molecule has 5 nitrogen and oxygen atoms in total. The van der Waals surface area contributed by atoms with E-state index >= 15 is 0 Å². The van der Waals surface area contributed by atoms with Crippen LogP contribution in [-0.4, -0.2) is 68.2 Å². The van der Waals surface area contributed by atoms with Gasteiger partial charge in [0.25, 0.3) is 5.91 Å². The quantitative estimate of drug-likeness (QED) is 0.769. The highest BCUT2D eigenvalue weighted by Crippen LogP contribution is 2.11. The Bertz CT molecular complexity index is 537. The molecule has 2 heterocycles. The molecule has 2 aliphatic heterocycles. The van der Waals surface area contributed by atoms with Crippen LogP contribution in [0.2, 0.25) is 0 Å². The van der Waals surface area contributed by atoms with E-state index in [4.69, 9.17) is 4.74 Å². The first-order chi connectivity index (χ1) is 12.3. The SMILES string of the molecule is O=C(NCCCN1CCCCC1)c1cccc(CN2CCOCC2)c1. The Morgan fingerprint density at radius 3 is 2.64 bits per heavy atom. The van der Waals surface area contributed by atoms with Crippen molar-refractivity contribution >= 4 is 5.91 Å². The molecule has 1 amide bonds. The molecule has 0 spiro atoms. The van der Waals surface area contributed by atoms with Crippen LogP contribution in [0.1, 0.15) is 41.6 Å². The van der Waals surface area contributed by atoms with Crippen LogP contribution >= 0.6 is 0 Å². The van der Waals surface area contributed by atoms with E-state index in [1.54, 1.807) is 0 Å². The first-order valence-electron chi connectivity index (χ1n) is 9.71. The number of morpholine rings is 1. The summed E-state index contributed by atoms with van der Waals surface area (Å²) < 4.78 is 5.39. The van der Waals surface area contributed by atoms with Crippen LogP contribution in [0.5, 0.6) is 0 Å². The van der Waals surface area contributed by atoms with Crippen LogP contribution in [0.25, 0.3) is 0 Å². The Balaban J connectivity index is 1.41. The van der Waals surface area contributed by atoms with E-state index in [1.807, 2.05) is 18.2 Å². The highest BCUT2D eigenvalue weighted by molar-refractivity contribution is 5.94. The van der Waals surface area contributed by atoms with Gasteiger partial charge in [0.2, 0.25) is 0 Å². The lowest BCUT2D eigenvalue weighted by Crippen LogP contribution is -2.35. The predicted molar refractivity (Wildman–Crippen MR) is 99.8 cm³/mol. The van der Waals surface area contributed by atoms with Gasteiger partial charge in [-0.3, -0.25) is 9.69 Å². The van der Waals surface area contributed by atoms with Crippen molar-refractivity contribution in [1.29, 1.82) is 0 Å². The van der Waals surface area contributed by atoms with Crippen LogP contribution < -0.4 is 5.32 Å². The molecule has 1 N–H and O–H groups in total. The number of carbonyl (C=O) groups excluding carboxylic acids is 1. The van der Waals surface area contributed by atoms with E-state index in [9.17, 15) is 4.79 Å². The second-order valence-electron chi connectivity index (χ2n) is 7.10. The third-order valence-electron chi connectivity index (χ3n) is 5.08. The molecule has 0 aromatic heterocycles. The fourth-order valence-electron chi connectivity index (χ4n) is 3.62. The number of carbonyl (C=O) groups is 1. The lowest BCUT2D eigenvalue weighted by Gasteiger charge is -2.26. The molecule has 1 aromatic carbocycles. The molecule has 138 valence electrons. The molecule has 2 aliphatic rings. The molecule has 5 heteroatoms. The van der Waals surface area contributed by atoms with Gasteiger partial charge < -0.3 is 15.0 Å². The third-order valence-corrected chi connectivity index (χ3v) is 5.08. The van der Waals surface area contributed by atoms with Crippen molar-refractivity contribution in [2.24, 2.45) is 0 Å². The van der Waals surface area contributed by atoms with Gasteiger partial charge >= 0.3 is 0 Å². The summed E-state index contributed by atoms with van der Waals surface area (Å²) in [7, 11) is 0. The number of rotatable bonds is 7. The Hall–Kier alpha value is -1.43. The van der Waals surface area contributed by atoms with E-state index in [-0.39, 0.29) is 5.91 Å². The summed E-state index contributed by atoms with van der Waals surface area (Å²) in [5.41, 5.74) is 1.96. The number of likely N-dealkylation sites (tertiary alicyclic amines) is 1. The minimum Gasteiger partial charge on any atom is -0.379 e. The van der Waals surface area contributed by atoms with Gasteiger partial charge in [-0.15, -0.1) is 0 Å². The number of piperidine rings is 1. The Morgan fingerprint density at radius 2 is 1.84 bits per heavy atom. The second kappa shape index (κ2) is 9.90. The molecule has 0 saturated carbocycles. The largest absolute Gasteiger partial charge is 0.379 e. The molecule has 0 atom stereocenters. The van der Waals surface area contributed by atoms with E-state index in [0.717, 1.165) is 57.9 Å². The van der Waals surface area contributed by atoms with Crippen molar-refractivity contribution in [2.45, 2.75) is 32.2 Å². The summed E-state index contributed by atoms with van der Waals surface area (Å²) in [6.45, 7) is 8.71. The van der Waals surface area contributed by atoms with Crippen molar-refractivity contribution in [2.75, 3.05) is 52.5 Å². The zero-order valence-electron chi connectivity index (χ0n) is 15.2. The zero-order valence-corrected chi connectivity index (χ0v) is 15.2. The van der Waals surface area contributed by atoms with E-state index < -0.39 is 0 Å². The summed E-state index contributed by atoms with van der Waals surface area (Å²) in [5.74, 6) is 0.0440. The Kier molecular flexibility index (Phi) is 7.27. The fourth-order valence-corrected chi connectivity index (χ4v) is 3.62. The number of nitrogens with one attached hydrogen (secondary N) is 1. The van der Waals surface area contributed by atoms with E-state index in [1.165, 1.54) is 37.9 Å². The Labute approximate surface area is 151 Å². The van der Waals surface area contributed by atoms with Crippen LogP contribution in [0, 0.1) is 0 Å². The van der Waals surface area contributed by atoms with Gasteiger partial charge in [0.1, 0.15) is 0 Å². The van der Waals surface area contributed by atoms with Gasteiger partial charge in [-0.1, -0.05) is 18.6 Å². The van der Waals surface area contributed by atoms with Crippen LogP contribution in [0.3, 0.4) is 0 Å². The van der Waals surface area contributed by atoms with Crippen molar-refractivity contribution in [3.8, 4) is 0 Å². The summed E-state index contributed by atoms with van der Waals surface area (Å²) in [6.07, 6.45) is 5.04. The summed E-state index contributed by atoms with van der Waals surface area (Å²) in [6, 6.07) is 8.01. The lowest BCUT2D eigenvalue weighted by atomic mass is 10.1. The number of hydrogen-bond acceptors (Lipinski definition) is 4. The molecule has 2 saturated heterocycles. The topological polar surface area (TPSA) is 44.8 Å². The van der Waals surface area contributed by atoms with Gasteiger partial charge in [-0.25, -0.2) is 0 Å². The van der Waals surface area contributed by atoms with Gasteiger partial charge in [-0.05, 0) is 56.6 Å². The monoisotopic (exact) mass is 345 g/mol. The average Bonchev–Trinajstić information content (AvgIpc) is 2.67. The maximum atomic E-state index is 12.4. The van der Waals surface area contributed by atoms with Gasteiger partial charge in [0.15, 0.2) is 0 Å². The molecular formula is C20H31N3O2. The molecule has 0 aliphatic carbocycles. The van der Waals surface area contributed by atoms with Crippen molar-refractivity contribution in [3.05, 3.63) is 35.4 Å². The number of ether oxygens (including phenoxy) is 1. The summed E-state index contributed by atoms with van der Waals surface area (Å²) >= 11 is 0. The molecule has 3 rings (SSSR count). The minimum absolute atomic E-state index is 0.0440. The molecule has 0 radical (unpaired) electrons. The highest BCUT2D eigenvalue weighted by atomic mass is 16.5. The lowest BCUT2D eigenvalue weighted by molar-refractivity contribution is 0.0342. The normalized spacial score (nSPS) is 19.7. The maximum absolute atomic E-state index is 12.4. The predicted octanol–water partition coefficient (Wildman–Crippen LogP) is 2.12. The number of benzene rings is 1. The zero-order chi connectivity index (χ0) is 17.3. The summed E-state index contributed by atoms with van der Waals surface area (Å²) in [5, 5.41) is 3.07. The second-order valence-corrected chi connectivity index (χ2v) is 7.10. The first-order valence-corrected chi connectivity index (χ1v) is 9.71. The third kappa shape index (κ3) is 6.10.